The number of anilines is 3. The van der Waals surface area contributed by atoms with Gasteiger partial charge in [-0.15, -0.1) is 22.7 Å². The fraction of sp³-hybridized carbons (Fsp3) is 0. The van der Waals surface area contributed by atoms with Gasteiger partial charge in [0.1, 0.15) is 0 Å². The number of benzene rings is 8. The fourth-order valence-electron chi connectivity index (χ4n) is 7.26. The van der Waals surface area contributed by atoms with E-state index in [1.54, 1.807) is 0 Å². The molecule has 0 saturated heterocycles. The summed E-state index contributed by atoms with van der Waals surface area (Å²) in [5, 5.41) is 10.3. The average Bonchev–Trinajstić information content (AvgIpc) is 3.70. The Labute approximate surface area is 280 Å². The molecule has 0 aliphatic rings. The van der Waals surface area contributed by atoms with Crippen molar-refractivity contribution in [1.29, 1.82) is 0 Å². The molecule has 0 unspecified atom stereocenters. The van der Waals surface area contributed by atoms with Crippen molar-refractivity contribution in [1.82, 2.24) is 0 Å². The van der Waals surface area contributed by atoms with Crippen molar-refractivity contribution in [2.45, 2.75) is 0 Å². The molecule has 0 aliphatic carbocycles. The molecule has 0 bridgehead atoms. The third kappa shape index (κ3) is 4.21. The molecule has 0 radical (unpaired) electrons. The first-order valence-corrected chi connectivity index (χ1v) is 17.6. The minimum atomic E-state index is 1.14. The molecule has 47 heavy (non-hydrogen) atoms. The lowest BCUT2D eigenvalue weighted by atomic mass is 9.97. The van der Waals surface area contributed by atoms with Crippen LogP contribution in [0.5, 0.6) is 0 Å². The summed E-state index contributed by atoms with van der Waals surface area (Å²) in [7, 11) is 0. The van der Waals surface area contributed by atoms with E-state index in [9.17, 15) is 0 Å². The minimum Gasteiger partial charge on any atom is -0.310 e. The zero-order valence-corrected chi connectivity index (χ0v) is 27.0. The number of fused-ring (bicyclic) bond motifs is 9. The van der Waals surface area contributed by atoms with Gasteiger partial charge in [0, 0.05) is 62.5 Å². The van der Waals surface area contributed by atoms with Gasteiger partial charge in [0.25, 0.3) is 0 Å². The third-order valence-corrected chi connectivity index (χ3v) is 11.8. The van der Waals surface area contributed by atoms with E-state index in [-0.39, 0.29) is 0 Å². The molecule has 8 aromatic carbocycles. The van der Waals surface area contributed by atoms with Crippen molar-refractivity contribution in [3.05, 3.63) is 164 Å². The van der Waals surface area contributed by atoms with Gasteiger partial charge in [0.05, 0.1) is 5.69 Å². The number of hydrogen-bond acceptors (Lipinski definition) is 3. The van der Waals surface area contributed by atoms with Gasteiger partial charge >= 0.3 is 0 Å². The molecule has 0 saturated carbocycles. The van der Waals surface area contributed by atoms with Crippen molar-refractivity contribution >= 4 is 102 Å². The summed E-state index contributed by atoms with van der Waals surface area (Å²) in [6.07, 6.45) is 0. The number of nitrogens with zero attached hydrogens (tertiary/aromatic N) is 1. The summed E-state index contributed by atoms with van der Waals surface area (Å²) in [5.74, 6) is 0. The smallest absolute Gasteiger partial charge is 0.0547 e. The van der Waals surface area contributed by atoms with Crippen molar-refractivity contribution in [3.63, 3.8) is 0 Å². The Morgan fingerprint density at radius 1 is 0.362 bits per heavy atom. The van der Waals surface area contributed by atoms with E-state index < -0.39 is 0 Å². The fourth-order valence-corrected chi connectivity index (χ4v) is 9.62. The van der Waals surface area contributed by atoms with Crippen LogP contribution >= 0.6 is 22.7 Å². The van der Waals surface area contributed by atoms with Gasteiger partial charge in [-0.2, -0.15) is 0 Å². The summed E-state index contributed by atoms with van der Waals surface area (Å²) in [6, 6.07) is 60.2. The molecule has 10 rings (SSSR count). The molecule has 220 valence electrons. The lowest BCUT2D eigenvalue weighted by molar-refractivity contribution is 1.31. The van der Waals surface area contributed by atoms with Crippen LogP contribution in [0.1, 0.15) is 0 Å². The Kier molecular flexibility index (Phi) is 5.98. The Morgan fingerprint density at radius 2 is 0.957 bits per heavy atom. The summed E-state index contributed by atoms with van der Waals surface area (Å²) in [5.41, 5.74) is 5.96. The lowest BCUT2D eigenvalue weighted by Gasteiger charge is -2.27. The highest BCUT2D eigenvalue weighted by molar-refractivity contribution is 7.26. The predicted molar refractivity (Wildman–Crippen MR) is 207 cm³/mol. The lowest BCUT2D eigenvalue weighted by Crippen LogP contribution is -2.10. The molecule has 0 N–H and O–H groups in total. The van der Waals surface area contributed by atoms with Crippen LogP contribution in [-0.2, 0) is 0 Å². The SMILES string of the molecule is c1ccc2c(-c3ccc(N(c4ccc5c(c4)sc4ccccc45)c4cc5c6ccccc6sc5c5ccccc45)cc3)cccc2c1. The summed E-state index contributed by atoms with van der Waals surface area (Å²) in [4.78, 5) is 2.46. The molecule has 2 heterocycles. The van der Waals surface area contributed by atoms with Crippen LogP contribution in [0, 0.1) is 0 Å². The first kappa shape index (κ1) is 26.7. The molecule has 0 fully saturated rings. The zero-order valence-electron chi connectivity index (χ0n) is 25.4. The van der Waals surface area contributed by atoms with Crippen LogP contribution in [0.2, 0.25) is 0 Å². The maximum absolute atomic E-state index is 2.46. The maximum atomic E-state index is 2.46. The standard InChI is InChI=1S/C44H27NS2/c1-2-12-32-28(10-1)11-9-17-33(32)29-20-22-30(23-21-29)45(31-24-25-37-35-14-5-7-18-41(35)46-43(37)26-31)40-27-39-36-15-6-8-19-42(36)47-44(39)38-16-4-3-13-34(38)40/h1-27H. The van der Waals surface area contributed by atoms with Crippen molar-refractivity contribution in [2.75, 3.05) is 4.90 Å². The third-order valence-electron chi connectivity index (χ3n) is 9.45. The molecule has 1 nitrogen and oxygen atoms in total. The molecule has 2 aromatic heterocycles. The quantitative estimate of drug-likeness (QED) is 0.186. The largest absolute Gasteiger partial charge is 0.310 e. The average molecular weight is 634 g/mol. The van der Waals surface area contributed by atoms with E-state index >= 15 is 0 Å². The second-order valence-electron chi connectivity index (χ2n) is 12.1. The molecule has 0 spiro atoms. The van der Waals surface area contributed by atoms with Gasteiger partial charge in [-0.1, -0.05) is 121 Å². The van der Waals surface area contributed by atoms with Gasteiger partial charge in [0.2, 0.25) is 0 Å². The topological polar surface area (TPSA) is 3.24 Å². The van der Waals surface area contributed by atoms with Crippen LogP contribution in [0.25, 0.3) is 73.0 Å². The van der Waals surface area contributed by atoms with E-state index in [2.05, 4.69) is 169 Å². The summed E-state index contributed by atoms with van der Waals surface area (Å²) < 4.78 is 5.29. The Balaban J connectivity index is 1.23. The molecule has 3 heteroatoms. The van der Waals surface area contributed by atoms with E-state index in [1.807, 2.05) is 22.7 Å². The van der Waals surface area contributed by atoms with Crippen LogP contribution in [0.3, 0.4) is 0 Å². The molecular weight excluding hydrogens is 607 g/mol. The highest BCUT2D eigenvalue weighted by Crippen LogP contribution is 2.47. The molecule has 0 aliphatic heterocycles. The maximum Gasteiger partial charge on any atom is 0.0547 e. The van der Waals surface area contributed by atoms with Gasteiger partial charge in [0.15, 0.2) is 0 Å². The Morgan fingerprint density at radius 3 is 1.77 bits per heavy atom. The number of thiophene rings is 2. The molecule has 10 aromatic rings. The first-order chi connectivity index (χ1) is 23.3. The Hall–Kier alpha value is -5.48. The van der Waals surface area contributed by atoms with Crippen molar-refractivity contribution < 1.29 is 0 Å². The van der Waals surface area contributed by atoms with Gasteiger partial charge < -0.3 is 4.90 Å². The second-order valence-corrected chi connectivity index (χ2v) is 14.2. The number of rotatable bonds is 4. The normalized spacial score (nSPS) is 11.8. The van der Waals surface area contributed by atoms with Crippen LogP contribution in [-0.4, -0.2) is 0 Å². The van der Waals surface area contributed by atoms with E-state index in [0.717, 1.165) is 11.4 Å². The predicted octanol–water partition coefficient (Wildman–Crippen LogP) is 13.9. The highest BCUT2D eigenvalue weighted by Gasteiger charge is 2.20. The second kappa shape index (κ2) is 10.5. The van der Waals surface area contributed by atoms with Gasteiger partial charge in [-0.3, -0.25) is 0 Å². The highest BCUT2D eigenvalue weighted by atomic mass is 32.1. The monoisotopic (exact) mass is 633 g/mol. The van der Waals surface area contributed by atoms with Crippen LogP contribution in [0.15, 0.2) is 164 Å². The summed E-state index contributed by atoms with van der Waals surface area (Å²) >= 11 is 3.76. The van der Waals surface area contributed by atoms with Crippen LogP contribution in [0.4, 0.5) is 17.1 Å². The van der Waals surface area contributed by atoms with Gasteiger partial charge in [-0.05, 0) is 64.4 Å². The minimum absolute atomic E-state index is 1.14. The summed E-state index contributed by atoms with van der Waals surface area (Å²) in [6.45, 7) is 0. The Bertz CT molecular complexity index is 2800. The van der Waals surface area contributed by atoms with E-state index in [4.69, 9.17) is 0 Å². The first-order valence-electron chi connectivity index (χ1n) is 15.9. The molecular formula is C44H27NS2. The van der Waals surface area contributed by atoms with Crippen molar-refractivity contribution in [2.24, 2.45) is 0 Å². The van der Waals surface area contributed by atoms with E-state index in [1.165, 1.54) is 78.7 Å². The molecule has 0 atom stereocenters. The van der Waals surface area contributed by atoms with Gasteiger partial charge in [-0.25, -0.2) is 0 Å². The van der Waals surface area contributed by atoms with Crippen molar-refractivity contribution in [3.8, 4) is 11.1 Å². The molecule has 0 amide bonds. The van der Waals surface area contributed by atoms with Crippen LogP contribution < -0.4 is 4.90 Å². The zero-order chi connectivity index (χ0) is 30.9. The number of hydrogen-bond donors (Lipinski definition) is 0. The van der Waals surface area contributed by atoms with E-state index in [0.29, 0.717) is 0 Å².